The van der Waals surface area contributed by atoms with Crippen LogP contribution in [0, 0.1) is 0 Å². The van der Waals surface area contributed by atoms with E-state index in [2.05, 4.69) is 10.2 Å². The minimum atomic E-state index is 0.280. The number of benzene rings is 1. The molecule has 2 heterocycles. The average molecular weight is 248 g/mol. The van der Waals surface area contributed by atoms with Gasteiger partial charge in [-0.1, -0.05) is 0 Å². The van der Waals surface area contributed by atoms with Crippen molar-refractivity contribution in [3.05, 3.63) is 23.8 Å². The molecule has 0 saturated carbocycles. The van der Waals surface area contributed by atoms with Crippen molar-refractivity contribution in [2.45, 2.75) is 24.9 Å². The van der Waals surface area contributed by atoms with Gasteiger partial charge in [0.15, 0.2) is 0 Å². The Kier molecular flexibility index (Phi) is 3.14. The lowest BCUT2D eigenvalue weighted by molar-refractivity contribution is 0.149. The van der Waals surface area contributed by atoms with Gasteiger partial charge in [-0.25, -0.2) is 0 Å². The summed E-state index contributed by atoms with van der Waals surface area (Å²) in [6.07, 6.45) is 2.51. The van der Waals surface area contributed by atoms with Crippen LogP contribution in [0.5, 0.6) is 11.5 Å². The predicted molar refractivity (Wildman–Crippen MR) is 70.0 cm³/mol. The standard InChI is InChI=1S/C14H20N2O2/c1-15-8-10-3-2-6-16(10)13-9-18-14-7-11(17)4-5-12(13)14/h4-5,7,10,13,15,17H,2-3,6,8-9H2,1H3. The van der Waals surface area contributed by atoms with E-state index < -0.39 is 0 Å². The number of rotatable bonds is 3. The van der Waals surface area contributed by atoms with Gasteiger partial charge in [0.25, 0.3) is 0 Å². The smallest absolute Gasteiger partial charge is 0.127 e. The summed E-state index contributed by atoms with van der Waals surface area (Å²) in [5.41, 5.74) is 1.22. The Balaban J connectivity index is 1.83. The minimum absolute atomic E-state index is 0.280. The third-order valence-corrected chi connectivity index (χ3v) is 4.02. The first-order chi connectivity index (χ1) is 8.79. The molecule has 2 atom stereocenters. The van der Waals surface area contributed by atoms with Gasteiger partial charge in [0, 0.05) is 24.2 Å². The molecule has 1 aromatic carbocycles. The molecule has 0 aromatic heterocycles. The molecule has 2 aliphatic heterocycles. The number of nitrogens with one attached hydrogen (secondary N) is 1. The summed E-state index contributed by atoms with van der Waals surface area (Å²) < 4.78 is 5.71. The molecule has 18 heavy (non-hydrogen) atoms. The number of hydrogen-bond donors (Lipinski definition) is 2. The minimum Gasteiger partial charge on any atom is -0.508 e. The van der Waals surface area contributed by atoms with Crippen LogP contribution in [0.3, 0.4) is 0 Å². The Labute approximate surface area is 108 Å². The Bertz CT molecular complexity index is 436. The van der Waals surface area contributed by atoms with Crippen molar-refractivity contribution < 1.29 is 9.84 Å². The van der Waals surface area contributed by atoms with Crippen LogP contribution in [0.1, 0.15) is 24.4 Å². The molecule has 0 aliphatic carbocycles. The number of likely N-dealkylation sites (N-methyl/N-ethyl adjacent to an activating group) is 1. The molecule has 4 nitrogen and oxygen atoms in total. The summed E-state index contributed by atoms with van der Waals surface area (Å²) in [6, 6.07) is 6.42. The van der Waals surface area contributed by atoms with Gasteiger partial charge >= 0.3 is 0 Å². The van der Waals surface area contributed by atoms with Gasteiger partial charge in [-0.15, -0.1) is 0 Å². The number of hydrogen-bond acceptors (Lipinski definition) is 4. The molecule has 2 aliphatic rings. The van der Waals surface area contributed by atoms with Gasteiger partial charge < -0.3 is 15.2 Å². The van der Waals surface area contributed by atoms with Gasteiger partial charge in [-0.3, -0.25) is 4.90 Å². The van der Waals surface area contributed by atoms with Gasteiger partial charge in [-0.05, 0) is 38.6 Å². The molecule has 98 valence electrons. The Hall–Kier alpha value is -1.26. The fraction of sp³-hybridized carbons (Fsp3) is 0.571. The fourth-order valence-electron chi connectivity index (χ4n) is 3.18. The zero-order chi connectivity index (χ0) is 12.5. The maximum absolute atomic E-state index is 9.48. The van der Waals surface area contributed by atoms with Crippen molar-refractivity contribution in [1.29, 1.82) is 0 Å². The second-order valence-electron chi connectivity index (χ2n) is 5.14. The highest BCUT2D eigenvalue weighted by molar-refractivity contribution is 5.44. The van der Waals surface area contributed by atoms with E-state index in [1.54, 1.807) is 12.1 Å². The van der Waals surface area contributed by atoms with Crippen LogP contribution in [0.25, 0.3) is 0 Å². The second-order valence-corrected chi connectivity index (χ2v) is 5.14. The molecule has 3 rings (SSSR count). The predicted octanol–water partition coefficient (Wildman–Crippen LogP) is 1.51. The SMILES string of the molecule is CNCC1CCCN1C1COc2cc(O)ccc21. The number of likely N-dealkylation sites (tertiary alicyclic amines) is 1. The summed E-state index contributed by atoms with van der Waals surface area (Å²) in [4.78, 5) is 2.54. The van der Waals surface area contributed by atoms with Crippen molar-refractivity contribution in [2.24, 2.45) is 0 Å². The van der Waals surface area contributed by atoms with Gasteiger partial charge in [0.2, 0.25) is 0 Å². The molecule has 0 bridgehead atoms. The van der Waals surface area contributed by atoms with Crippen LogP contribution in [0.15, 0.2) is 18.2 Å². The fourth-order valence-corrected chi connectivity index (χ4v) is 3.18. The number of aromatic hydroxyl groups is 1. The topological polar surface area (TPSA) is 44.7 Å². The summed E-state index contributed by atoms with van der Waals surface area (Å²) in [5.74, 6) is 1.12. The first kappa shape index (κ1) is 11.8. The van der Waals surface area contributed by atoms with Crippen LogP contribution < -0.4 is 10.1 Å². The molecule has 1 fully saturated rings. The Morgan fingerprint density at radius 2 is 2.39 bits per heavy atom. The first-order valence-corrected chi connectivity index (χ1v) is 6.65. The van der Waals surface area contributed by atoms with Crippen LogP contribution in [0.2, 0.25) is 0 Å². The lowest BCUT2D eigenvalue weighted by Crippen LogP contribution is -2.39. The zero-order valence-corrected chi connectivity index (χ0v) is 10.7. The average Bonchev–Trinajstić information content (AvgIpc) is 2.95. The molecule has 2 unspecified atom stereocenters. The first-order valence-electron chi connectivity index (χ1n) is 6.65. The maximum Gasteiger partial charge on any atom is 0.127 e. The largest absolute Gasteiger partial charge is 0.508 e. The number of phenols is 1. The van der Waals surface area contributed by atoms with E-state index in [0.29, 0.717) is 18.7 Å². The maximum atomic E-state index is 9.48. The summed E-state index contributed by atoms with van der Waals surface area (Å²) in [5, 5.41) is 12.8. The molecule has 4 heteroatoms. The van der Waals surface area contributed by atoms with Crippen molar-refractivity contribution in [3.8, 4) is 11.5 Å². The van der Waals surface area contributed by atoms with Crippen molar-refractivity contribution in [2.75, 3.05) is 26.7 Å². The van der Waals surface area contributed by atoms with Crippen LogP contribution in [-0.2, 0) is 0 Å². The third kappa shape index (κ3) is 1.95. The highest BCUT2D eigenvalue weighted by atomic mass is 16.5. The highest BCUT2D eigenvalue weighted by Crippen LogP contribution is 2.40. The van der Waals surface area contributed by atoms with Crippen molar-refractivity contribution >= 4 is 0 Å². The Morgan fingerprint density at radius 1 is 1.50 bits per heavy atom. The van der Waals surface area contributed by atoms with E-state index in [1.807, 2.05) is 13.1 Å². The molecule has 2 N–H and O–H groups in total. The van der Waals surface area contributed by atoms with E-state index >= 15 is 0 Å². The van der Waals surface area contributed by atoms with E-state index in [9.17, 15) is 5.11 Å². The third-order valence-electron chi connectivity index (χ3n) is 4.02. The van der Waals surface area contributed by atoms with E-state index in [4.69, 9.17) is 4.74 Å². The Morgan fingerprint density at radius 3 is 3.22 bits per heavy atom. The second kappa shape index (κ2) is 4.78. The van der Waals surface area contributed by atoms with Crippen molar-refractivity contribution in [3.63, 3.8) is 0 Å². The van der Waals surface area contributed by atoms with Crippen LogP contribution >= 0.6 is 0 Å². The van der Waals surface area contributed by atoms with Crippen molar-refractivity contribution in [1.82, 2.24) is 10.2 Å². The lowest BCUT2D eigenvalue weighted by atomic mass is 10.1. The quantitative estimate of drug-likeness (QED) is 0.851. The number of nitrogens with zero attached hydrogens (tertiary/aromatic N) is 1. The molecule has 0 radical (unpaired) electrons. The monoisotopic (exact) mass is 248 g/mol. The molecular formula is C14H20N2O2. The highest BCUT2D eigenvalue weighted by Gasteiger charge is 2.36. The van der Waals surface area contributed by atoms with E-state index in [1.165, 1.54) is 18.4 Å². The van der Waals surface area contributed by atoms with E-state index in [0.717, 1.165) is 18.8 Å². The van der Waals surface area contributed by atoms with Crippen LogP contribution in [0.4, 0.5) is 0 Å². The van der Waals surface area contributed by atoms with Gasteiger partial charge in [0.1, 0.15) is 18.1 Å². The molecule has 1 aromatic rings. The number of phenolic OH excluding ortho intramolecular Hbond substituents is 1. The normalized spacial score (nSPS) is 27.2. The van der Waals surface area contributed by atoms with Crippen LogP contribution in [-0.4, -0.2) is 42.8 Å². The lowest BCUT2D eigenvalue weighted by Gasteiger charge is -2.29. The summed E-state index contributed by atoms with van der Waals surface area (Å²) in [6.45, 7) is 2.88. The molecule has 0 amide bonds. The summed E-state index contributed by atoms with van der Waals surface area (Å²) >= 11 is 0. The number of ether oxygens (including phenoxy) is 1. The molecule has 0 spiro atoms. The number of fused-ring (bicyclic) bond motifs is 1. The summed E-state index contributed by atoms with van der Waals surface area (Å²) in [7, 11) is 2.01. The zero-order valence-electron chi connectivity index (χ0n) is 10.7. The molecular weight excluding hydrogens is 228 g/mol. The van der Waals surface area contributed by atoms with Gasteiger partial charge in [-0.2, -0.15) is 0 Å². The van der Waals surface area contributed by atoms with Gasteiger partial charge in [0.05, 0.1) is 6.04 Å². The molecule has 1 saturated heterocycles. The van der Waals surface area contributed by atoms with E-state index in [-0.39, 0.29) is 5.75 Å².